The van der Waals surface area contributed by atoms with Crippen molar-refractivity contribution < 1.29 is 4.79 Å². The lowest BCUT2D eigenvalue weighted by Crippen LogP contribution is -2.30. The lowest BCUT2D eigenvalue weighted by molar-refractivity contribution is -0.118. The van der Waals surface area contributed by atoms with Crippen LogP contribution in [0.5, 0.6) is 0 Å². The molecule has 0 saturated heterocycles. The van der Waals surface area contributed by atoms with E-state index in [1.54, 1.807) is 6.92 Å². The minimum Gasteiger partial charge on any atom is -0.299 e. The Bertz CT molecular complexity index is 106. The van der Waals surface area contributed by atoms with Crippen molar-refractivity contribution in [1.82, 2.24) is 4.90 Å². The highest BCUT2D eigenvalue weighted by atomic mass is 16.1. The molecule has 0 aliphatic heterocycles. The fourth-order valence-electron chi connectivity index (χ4n) is 1.22. The van der Waals surface area contributed by atoms with Gasteiger partial charge in [-0.3, -0.25) is 9.69 Å². The molecule has 0 bridgehead atoms. The summed E-state index contributed by atoms with van der Waals surface area (Å²) in [5.74, 6) is 0.270. The summed E-state index contributed by atoms with van der Waals surface area (Å²) in [7, 11) is 0. The largest absolute Gasteiger partial charge is 0.299 e. The molecule has 0 aliphatic carbocycles. The molecule has 0 fully saturated rings. The van der Waals surface area contributed by atoms with E-state index >= 15 is 0 Å². The third-order valence-electron chi connectivity index (χ3n) is 1.53. The van der Waals surface area contributed by atoms with Crippen molar-refractivity contribution in [2.75, 3.05) is 19.6 Å². The van der Waals surface area contributed by atoms with Gasteiger partial charge in [0.25, 0.3) is 0 Å². The van der Waals surface area contributed by atoms with Crippen molar-refractivity contribution in [2.45, 2.75) is 33.6 Å². The normalized spacial score (nSPS) is 10.5. The van der Waals surface area contributed by atoms with Gasteiger partial charge in [0.2, 0.25) is 0 Å². The maximum absolute atomic E-state index is 10.8. The molecule has 0 saturated carbocycles. The third kappa shape index (κ3) is 6.05. The Hall–Kier alpha value is -0.370. The Kier molecular flexibility index (Phi) is 6.13. The summed E-state index contributed by atoms with van der Waals surface area (Å²) in [4.78, 5) is 13.0. The molecule has 0 unspecified atom stereocenters. The van der Waals surface area contributed by atoms with Crippen LogP contribution in [0.1, 0.15) is 33.6 Å². The van der Waals surface area contributed by atoms with Gasteiger partial charge < -0.3 is 0 Å². The fourth-order valence-corrected chi connectivity index (χ4v) is 1.22. The summed E-state index contributed by atoms with van der Waals surface area (Å²) in [5, 5.41) is 0. The number of Topliss-reactive ketones (excluding diaryl/α,β-unsaturated/α-hetero) is 1. The number of hydrogen-bond acceptors (Lipinski definition) is 2. The number of ketones is 1. The molecule has 0 aliphatic rings. The first kappa shape index (κ1) is 10.6. The van der Waals surface area contributed by atoms with Crippen LogP contribution in [0.25, 0.3) is 0 Å². The Morgan fingerprint density at radius 2 is 1.64 bits per heavy atom. The molecule has 0 radical (unpaired) electrons. The molecular formula is C9H19NO. The first-order valence-corrected chi connectivity index (χ1v) is 4.42. The Labute approximate surface area is 69.6 Å². The fraction of sp³-hybridized carbons (Fsp3) is 0.889. The van der Waals surface area contributed by atoms with E-state index in [-0.39, 0.29) is 5.78 Å². The predicted octanol–water partition coefficient (Wildman–Crippen LogP) is 1.70. The van der Waals surface area contributed by atoms with E-state index in [2.05, 4.69) is 18.7 Å². The lowest BCUT2D eigenvalue weighted by atomic mass is 10.4. The molecule has 66 valence electrons. The van der Waals surface area contributed by atoms with Gasteiger partial charge in [0.15, 0.2) is 0 Å². The molecule has 2 heteroatoms. The third-order valence-corrected chi connectivity index (χ3v) is 1.53. The van der Waals surface area contributed by atoms with Gasteiger partial charge in [0, 0.05) is 0 Å². The maximum atomic E-state index is 10.8. The lowest BCUT2D eigenvalue weighted by Gasteiger charge is -2.18. The minimum absolute atomic E-state index is 0.270. The SMILES string of the molecule is CCCN(CCC)[13CH2]C(C)=O. The zero-order valence-electron chi connectivity index (χ0n) is 7.89. The van der Waals surface area contributed by atoms with Crippen LogP contribution in [-0.4, -0.2) is 30.3 Å². The van der Waals surface area contributed by atoms with Crippen LogP contribution in [-0.2, 0) is 4.79 Å². The van der Waals surface area contributed by atoms with Crippen LogP contribution in [0.3, 0.4) is 0 Å². The van der Waals surface area contributed by atoms with Gasteiger partial charge in [0.1, 0.15) is 5.78 Å². The molecule has 11 heavy (non-hydrogen) atoms. The van der Waals surface area contributed by atoms with E-state index in [0.29, 0.717) is 6.54 Å². The average molecular weight is 158 g/mol. The number of nitrogens with zero attached hydrogens (tertiary/aromatic N) is 1. The van der Waals surface area contributed by atoms with Crippen LogP contribution < -0.4 is 0 Å². The summed E-state index contributed by atoms with van der Waals surface area (Å²) < 4.78 is 0. The maximum Gasteiger partial charge on any atom is 0.143 e. The van der Waals surface area contributed by atoms with Crippen molar-refractivity contribution >= 4 is 5.78 Å². The van der Waals surface area contributed by atoms with E-state index in [9.17, 15) is 4.79 Å². The van der Waals surface area contributed by atoms with Gasteiger partial charge in [-0.2, -0.15) is 0 Å². The highest BCUT2D eigenvalue weighted by Crippen LogP contribution is 1.93. The van der Waals surface area contributed by atoms with Crippen molar-refractivity contribution in [3.63, 3.8) is 0 Å². The van der Waals surface area contributed by atoms with Crippen LogP contribution in [0.2, 0.25) is 0 Å². The average Bonchev–Trinajstić information content (AvgIpc) is 1.87. The van der Waals surface area contributed by atoms with Crippen LogP contribution in [0.4, 0.5) is 0 Å². The Morgan fingerprint density at radius 3 is 1.91 bits per heavy atom. The van der Waals surface area contributed by atoms with Crippen LogP contribution >= 0.6 is 0 Å². The van der Waals surface area contributed by atoms with Crippen molar-refractivity contribution in [3.8, 4) is 0 Å². The topological polar surface area (TPSA) is 20.3 Å². The van der Waals surface area contributed by atoms with E-state index in [0.717, 1.165) is 25.9 Å². The standard InChI is InChI=1S/C9H19NO/c1-4-6-10(7-5-2)8-9(3)11/h4-8H2,1-3H3/i8+1. The highest BCUT2D eigenvalue weighted by Gasteiger charge is 2.03. The monoisotopic (exact) mass is 158 g/mol. The van der Waals surface area contributed by atoms with Gasteiger partial charge in [0.05, 0.1) is 6.54 Å². The molecule has 0 amide bonds. The first-order valence-electron chi connectivity index (χ1n) is 4.42. The van der Waals surface area contributed by atoms with Gasteiger partial charge in [-0.05, 0) is 32.9 Å². The van der Waals surface area contributed by atoms with Crippen LogP contribution in [0, 0.1) is 0 Å². The smallest absolute Gasteiger partial charge is 0.143 e. The molecule has 0 aromatic carbocycles. The van der Waals surface area contributed by atoms with Crippen molar-refractivity contribution in [3.05, 3.63) is 0 Å². The molecule has 2 nitrogen and oxygen atoms in total. The highest BCUT2D eigenvalue weighted by molar-refractivity contribution is 5.77. The Morgan fingerprint density at radius 1 is 1.18 bits per heavy atom. The van der Waals surface area contributed by atoms with Gasteiger partial charge in [-0.25, -0.2) is 0 Å². The van der Waals surface area contributed by atoms with Crippen LogP contribution in [0.15, 0.2) is 0 Å². The second kappa shape index (κ2) is 6.35. The van der Waals surface area contributed by atoms with E-state index in [4.69, 9.17) is 0 Å². The summed E-state index contributed by atoms with van der Waals surface area (Å²) in [5.41, 5.74) is 0. The van der Waals surface area contributed by atoms with Gasteiger partial charge in [-0.1, -0.05) is 13.8 Å². The summed E-state index contributed by atoms with van der Waals surface area (Å²) in [6, 6.07) is 0. The summed E-state index contributed by atoms with van der Waals surface area (Å²) in [6.07, 6.45) is 2.26. The number of carbonyl (C=O) groups is 1. The molecule has 0 atom stereocenters. The second-order valence-corrected chi connectivity index (χ2v) is 2.98. The predicted molar refractivity (Wildman–Crippen MR) is 47.7 cm³/mol. The molecular weight excluding hydrogens is 139 g/mol. The summed E-state index contributed by atoms with van der Waals surface area (Å²) in [6.45, 7) is 8.66. The molecule has 0 heterocycles. The van der Waals surface area contributed by atoms with Gasteiger partial charge in [-0.15, -0.1) is 0 Å². The van der Waals surface area contributed by atoms with E-state index in [1.165, 1.54) is 0 Å². The molecule has 0 aromatic rings. The minimum atomic E-state index is 0.270. The second-order valence-electron chi connectivity index (χ2n) is 2.98. The quantitative estimate of drug-likeness (QED) is 0.548. The zero-order chi connectivity index (χ0) is 8.69. The summed E-state index contributed by atoms with van der Waals surface area (Å²) >= 11 is 0. The zero-order valence-corrected chi connectivity index (χ0v) is 7.89. The molecule has 0 spiro atoms. The number of hydrogen-bond donors (Lipinski definition) is 0. The molecule has 0 rings (SSSR count). The van der Waals surface area contributed by atoms with Crippen molar-refractivity contribution in [2.24, 2.45) is 0 Å². The number of carbonyl (C=O) groups excluding carboxylic acids is 1. The van der Waals surface area contributed by atoms with E-state index < -0.39 is 0 Å². The molecule has 0 N–H and O–H groups in total. The van der Waals surface area contributed by atoms with E-state index in [1.807, 2.05) is 0 Å². The molecule has 0 aromatic heterocycles. The number of rotatable bonds is 6. The van der Waals surface area contributed by atoms with Gasteiger partial charge >= 0.3 is 0 Å². The first-order chi connectivity index (χ1) is 5.20. The van der Waals surface area contributed by atoms with Crippen molar-refractivity contribution in [1.29, 1.82) is 0 Å². The Balaban J connectivity index is 3.59.